The molecule has 1 aliphatic rings. The third kappa shape index (κ3) is 2.72. The van der Waals surface area contributed by atoms with Gasteiger partial charge in [0.25, 0.3) is 5.91 Å². The van der Waals surface area contributed by atoms with Crippen molar-refractivity contribution in [3.63, 3.8) is 0 Å². The molecule has 2 unspecified atom stereocenters. The number of amides is 1. The molecule has 1 heterocycles. The molecule has 0 bridgehead atoms. The zero-order chi connectivity index (χ0) is 13.1. The Labute approximate surface area is 109 Å². The third-order valence-corrected chi connectivity index (χ3v) is 3.83. The van der Waals surface area contributed by atoms with E-state index >= 15 is 0 Å². The normalized spacial score (nSPS) is 24.1. The lowest BCUT2D eigenvalue weighted by molar-refractivity contribution is 0.0649. The minimum atomic E-state index is 0.167. The highest BCUT2D eigenvalue weighted by Crippen LogP contribution is 2.19. The number of nitrogens with zero attached hydrogens (tertiary/aromatic N) is 1. The second-order valence-electron chi connectivity index (χ2n) is 5.28. The maximum Gasteiger partial charge on any atom is 0.253 e. The van der Waals surface area contributed by atoms with Crippen LogP contribution in [0.15, 0.2) is 24.3 Å². The Bertz CT molecular complexity index is 430. The van der Waals surface area contributed by atoms with Crippen molar-refractivity contribution < 1.29 is 4.79 Å². The molecule has 0 aliphatic carbocycles. The van der Waals surface area contributed by atoms with Crippen LogP contribution in [0.3, 0.4) is 0 Å². The topological polar surface area (TPSA) is 32.3 Å². The number of piperidine rings is 1. The first kappa shape index (κ1) is 13.1. The lowest BCUT2D eigenvalue weighted by atomic mass is 9.93. The van der Waals surface area contributed by atoms with E-state index in [-0.39, 0.29) is 5.91 Å². The SMILES string of the molecule is CNC1CCN(C(=O)c2cccc(C)c2)CC1C. The molecule has 3 nitrogen and oxygen atoms in total. The van der Waals surface area contributed by atoms with Gasteiger partial charge in [0.2, 0.25) is 0 Å². The lowest BCUT2D eigenvalue weighted by Gasteiger charge is -2.36. The molecule has 1 amide bonds. The fourth-order valence-electron chi connectivity index (χ4n) is 2.72. The highest BCUT2D eigenvalue weighted by atomic mass is 16.2. The Morgan fingerprint density at radius 2 is 2.22 bits per heavy atom. The van der Waals surface area contributed by atoms with Crippen molar-refractivity contribution in [2.45, 2.75) is 26.3 Å². The van der Waals surface area contributed by atoms with Crippen molar-refractivity contribution in [1.82, 2.24) is 10.2 Å². The lowest BCUT2D eigenvalue weighted by Crippen LogP contribution is -2.49. The minimum Gasteiger partial charge on any atom is -0.338 e. The summed E-state index contributed by atoms with van der Waals surface area (Å²) in [5.41, 5.74) is 1.95. The maximum absolute atomic E-state index is 12.4. The molecule has 0 saturated carbocycles. The predicted molar refractivity (Wildman–Crippen MR) is 73.7 cm³/mol. The van der Waals surface area contributed by atoms with Gasteiger partial charge in [-0.25, -0.2) is 0 Å². The molecule has 1 fully saturated rings. The van der Waals surface area contributed by atoms with Crippen LogP contribution in [0.25, 0.3) is 0 Å². The molecule has 2 rings (SSSR count). The first-order valence-corrected chi connectivity index (χ1v) is 6.65. The van der Waals surface area contributed by atoms with Crippen LogP contribution < -0.4 is 5.32 Å². The monoisotopic (exact) mass is 246 g/mol. The fourth-order valence-corrected chi connectivity index (χ4v) is 2.72. The van der Waals surface area contributed by atoms with E-state index < -0.39 is 0 Å². The van der Waals surface area contributed by atoms with Gasteiger partial charge in [-0.1, -0.05) is 24.6 Å². The van der Waals surface area contributed by atoms with E-state index in [2.05, 4.69) is 12.2 Å². The number of rotatable bonds is 2. The molecule has 1 N–H and O–H groups in total. The molecule has 1 aromatic carbocycles. The van der Waals surface area contributed by atoms with Crippen molar-refractivity contribution >= 4 is 5.91 Å². The Hall–Kier alpha value is -1.35. The van der Waals surface area contributed by atoms with Crippen molar-refractivity contribution in [2.24, 2.45) is 5.92 Å². The highest BCUT2D eigenvalue weighted by molar-refractivity contribution is 5.94. The van der Waals surface area contributed by atoms with Crippen molar-refractivity contribution in [3.8, 4) is 0 Å². The molecule has 0 radical (unpaired) electrons. The predicted octanol–water partition coefficient (Wildman–Crippen LogP) is 2.07. The van der Waals surface area contributed by atoms with Gasteiger partial charge in [0.15, 0.2) is 0 Å². The van der Waals surface area contributed by atoms with Crippen LogP contribution in [-0.4, -0.2) is 37.0 Å². The van der Waals surface area contributed by atoms with Gasteiger partial charge in [0, 0.05) is 24.7 Å². The molecular weight excluding hydrogens is 224 g/mol. The van der Waals surface area contributed by atoms with E-state index in [1.54, 1.807) is 0 Å². The summed E-state index contributed by atoms with van der Waals surface area (Å²) in [6.07, 6.45) is 1.04. The van der Waals surface area contributed by atoms with Gasteiger partial charge in [0.05, 0.1) is 0 Å². The highest BCUT2D eigenvalue weighted by Gasteiger charge is 2.27. The van der Waals surface area contributed by atoms with E-state index in [1.165, 1.54) is 0 Å². The fraction of sp³-hybridized carbons (Fsp3) is 0.533. The van der Waals surface area contributed by atoms with Crippen molar-refractivity contribution in [1.29, 1.82) is 0 Å². The summed E-state index contributed by atoms with van der Waals surface area (Å²) in [7, 11) is 2.00. The maximum atomic E-state index is 12.4. The summed E-state index contributed by atoms with van der Waals surface area (Å²) in [4.78, 5) is 14.4. The van der Waals surface area contributed by atoms with E-state index in [4.69, 9.17) is 0 Å². The summed E-state index contributed by atoms with van der Waals surface area (Å²) in [6.45, 7) is 5.92. The summed E-state index contributed by atoms with van der Waals surface area (Å²) < 4.78 is 0. The average Bonchev–Trinajstić information content (AvgIpc) is 2.37. The average molecular weight is 246 g/mol. The number of carbonyl (C=O) groups excluding carboxylic acids is 1. The van der Waals surface area contributed by atoms with E-state index in [0.29, 0.717) is 12.0 Å². The van der Waals surface area contributed by atoms with E-state index in [1.807, 2.05) is 43.1 Å². The largest absolute Gasteiger partial charge is 0.338 e. The van der Waals surface area contributed by atoms with Crippen molar-refractivity contribution in [2.75, 3.05) is 20.1 Å². The number of aryl methyl sites for hydroxylation is 1. The first-order chi connectivity index (χ1) is 8.61. The van der Waals surface area contributed by atoms with Crippen LogP contribution in [0.5, 0.6) is 0 Å². The van der Waals surface area contributed by atoms with Crippen LogP contribution in [0.4, 0.5) is 0 Å². The van der Waals surface area contributed by atoms with Gasteiger partial charge in [-0.2, -0.15) is 0 Å². The molecule has 2 atom stereocenters. The zero-order valence-corrected chi connectivity index (χ0v) is 11.4. The van der Waals surface area contributed by atoms with E-state index in [9.17, 15) is 4.79 Å². The molecule has 18 heavy (non-hydrogen) atoms. The first-order valence-electron chi connectivity index (χ1n) is 6.65. The smallest absolute Gasteiger partial charge is 0.253 e. The van der Waals surface area contributed by atoms with Gasteiger partial charge >= 0.3 is 0 Å². The standard InChI is InChI=1S/C15H22N2O/c1-11-5-4-6-13(9-11)15(18)17-8-7-14(16-3)12(2)10-17/h4-6,9,12,14,16H,7-8,10H2,1-3H3. The number of hydrogen-bond acceptors (Lipinski definition) is 2. The summed E-state index contributed by atoms with van der Waals surface area (Å²) in [5, 5.41) is 3.32. The number of benzene rings is 1. The second-order valence-corrected chi connectivity index (χ2v) is 5.28. The minimum absolute atomic E-state index is 0.167. The van der Waals surface area contributed by atoms with Gasteiger partial charge in [-0.15, -0.1) is 0 Å². The van der Waals surface area contributed by atoms with Gasteiger partial charge < -0.3 is 10.2 Å². The summed E-state index contributed by atoms with van der Waals surface area (Å²) in [6, 6.07) is 8.38. The summed E-state index contributed by atoms with van der Waals surface area (Å²) >= 11 is 0. The van der Waals surface area contributed by atoms with E-state index in [0.717, 1.165) is 30.6 Å². The van der Waals surface area contributed by atoms with Crippen LogP contribution in [0, 0.1) is 12.8 Å². The van der Waals surface area contributed by atoms with Crippen LogP contribution in [0.2, 0.25) is 0 Å². The van der Waals surface area contributed by atoms with Gasteiger partial charge in [0.1, 0.15) is 0 Å². The van der Waals surface area contributed by atoms with Gasteiger partial charge in [-0.05, 0) is 38.4 Å². The molecule has 1 saturated heterocycles. The molecule has 3 heteroatoms. The Kier molecular flexibility index (Phi) is 4.02. The molecule has 0 spiro atoms. The van der Waals surface area contributed by atoms with Crippen LogP contribution in [0.1, 0.15) is 29.3 Å². The quantitative estimate of drug-likeness (QED) is 0.866. The molecule has 98 valence electrons. The second kappa shape index (κ2) is 5.53. The van der Waals surface area contributed by atoms with Crippen LogP contribution in [-0.2, 0) is 0 Å². The van der Waals surface area contributed by atoms with Gasteiger partial charge in [-0.3, -0.25) is 4.79 Å². The molecular formula is C15H22N2O. The van der Waals surface area contributed by atoms with Crippen LogP contribution >= 0.6 is 0 Å². The number of nitrogens with one attached hydrogen (secondary N) is 1. The Morgan fingerprint density at radius 3 is 2.83 bits per heavy atom. The Morgan fingerprint density at radius 1 is 1.44 bits per heavy atom. The summed E-state index contributed by atoms with van der Waals surface area (Å²) in [5.74, 6) is 0.678. The molecule has 0 aromatic heterocycles. The zero-order valence-electron chi connectivity index (χ0n) is 11.4. The number of hydrogen-bond donors (Lipinski definition) is 1. The molecule has 1 aromatic rings. The number of likely N-dealkylation sites (tertiary alicyclic amines) is 1. The third-order valence-electron chi connectivity index (χ3n) is 3.83. The molecule has 1 aliphatic heterocycles. The number of carbonyl (C=O) groups is 1. The van der Waals surface area contributed by atoms with Crippen molar-refractivity contribution in [3.05, 3.63) is 35.4 Å². The Balaban J connectivity index is 2.07.